The van der Waals surface area contributed by atoms with Crippen LogP contribution in [0.2, 0.25) is 0 Å². The number of nitrogens with zero attached hydrogens (tertiary/aromatic N) is 2. The van der Waals surface area contributed by atoms with Crippen LogP contribution >= 0.6 is 0 Å². The molecule has 1 amide bonds. The number of hydrogen-bond acceptors (Lipinski definition) is 2. The lowest BCUT2D eigenvalue weighted by Crippen LogP contribution is -2.31. The van der Waals surface area contributed by atoms with Crippen molar-refractivity contribution in [2.24, 2.45) is 0 Å². The molecule has 1 aromatic heterocycles. The third-order valence-corrected chi connectivity index (χ3v) is 2.60. The van der Waals surface area contributed by atoms with E-state index in [1.165, 1.54) is 0 Å². The summed E-state index contributed by atoms with van der Waals surface area (Å²) in [7, 11) is 0. The highest BCUT2D eigenvalue weighted by atomic mass is 16.2. The molecule has 1 aromatic rings. The van der Waals surface area contributed by atoms with Gasteiger partial charge in [-0.05, 0) is 18.9 Å². The normalized spacial score (nSPS) is 10.2. The Labute approximate surface area is 103 Å². The van der Waals surface area contributed by atoms with E-state index in [9.17, 15) is 4.79 Å². The van der Waals surface area contributed by atoms with E-state index < -0.39 is 0 Å². The Morgan fingerprint density at radius 1 is 1.53 bits per heavy atom. The Balaban J connectivity index is 2.72. The number of amides is 1. The fourth-order valence-corrected chi connectivity index (χ4v) is 1.76. The minimum Gasteiger partial charge on any atom is -0.346 e. The molecule has 1 N–H and O–H groups in total. The summed E-state index contributed by atoms with van der Waals surface area (Å²) in [5.74, 6) is 0.207. The second-order valence-electron chi connectivity index (χ2n) is 4.04. The van der Waals surface area contributed by atoms with E-state index in [0.717, 1.165) is 30.8 Å². The summed E-state index contributed by atoms with van der Waals surface area (Å²) >= 11 is 0. The Kier molecular flexibility index (Phi) is 5.46. The largest absolute Gasteiger partial charge is 0.346 e. The molecule has 0 fully saturated rings. The van der Waals surface area contributed by atoms with Gasteiger partial charge in [-0.1, -0.05) is 20.4 Å². The molecule has 0 saturated carbocycles. The summed E-state index contributed by atoms with van der Waals surface area (Å²) in [4.78, 5) is 21.0. The molecule has 4 nitrogen and oxygen atoms in total. The molecule has 0 spiro atoms. The first kappa shape index (κ1) is 13.5. The van der Waals surface area contributed by atoms with Crippen LogP contribution in [0.5, 0.6) is 0 Å². The van der Waals surface area contributed by atoms with E-state index in [2.05, 4.69) is 23.5 Å². The van der Waals surface area contributed by atoms with Gasteiger partial charge in [0.15, 0.2) is 0 Å². The molecule has 0 aliphatic carbocycles. The first-order valence-electron chi connectivity index (χ1n) is 6.15. The van der Waals surface area contributed by atoms with Crippen LogP contribution in [0.3, 0.4) is 0 Å². The fraction of sp³-hybridized carbons (Fsp3) is 0.538. The molecular weight excluding hydrogens is 214 g/mol. The first-order chi connectivity index (χ1) is 8.22. The Hall–Kier alpha value is -1.58. The average molecular weight is 235 g/mol. The van der Waals surface area contributed by atoms with E-state index in [1.807, 2.05) is 11.8 Å². The van der Waals surface area contributed by atoms with E-state index in [0.29, 0.717) is 13.0 Å². The van der Waals surface area contributed by atoms with Gasteiger partial charge in [-0.3, -0.25) is 4.79 Å². The highest BCUT2D eigenvalue weighted by Gasteiger charge is 2.14. The van der Waals surface area contributed by atoms with Crippen LogP contribution in [0.25, 0.3) is 6.08 Å². The van der Waals surface area contributed by atoms with Gasteiger partial charge in [-0.15, -0.1) is 0 Å². The molecule has 4 heteroatoms. The van der Waals surface area contributed by atoms with Crippen molar-refractivity contribution in [3.63, 3.8) is 0 Å². The van der Waals surface area contributed by atoms with Gasteiger partial charge in [-0.2, -0.15) is 0 Å². The molecule has 0 bridgehead atoms. The standard InChI is InChI=1S/C13H21N3O/c1-4-7-13(17)16(8-5-2)9-12-11(6-3)14-10-15-12/h6,10H,3-5,7-9H2,1-2H3,(H,14,15). The Bertz CT molecular complexity index is 370. The number of aromatic amines is 1. The maximum atomic E-state index is 11.9. The lowest BCUT2D eigenvalue weighted by molar-refractivity contribution is -0.131. The summed E-state index contributed by atoms with van der Waals surface area (Å²) in [5, 5.41) is 0. The zero-order valence-electron chi connectivity index (χ0n) is 10.7. The van der Waals surface area contributed by atoms with Crippen molar-refractivity contribution >= 4 is 12.0 Å². The Morgan fingerprint density at radius 3 is 2.88 bits per heavy atom. The van der Waals surface area contributed by atoms with Crippen LogP contribution in [0.4, 0.5) is 0 Å². The minimum absolute atomic E-state index is 0.207. The van der Waals surface area contributed by atoms with Crippen LogP contribution in [0.1, 0.15) is 44.5 Å². The van der Waals surface area contributed by atoms with Gasteiger partial charge in [0.1, 0.15) is 0 Å². The molecule has 0 aliphatic heterocycles. The number of carbonyl (C=O) groups excluding carboxylic acids is 1. The molecule has 0 unspecified atom stereocenters. The average Bonchev–Trinajstić information content (AvgIpc) is 2.76. The zero-order valence-corrected chi connectivity index (χ0v) is 10.7. The van der Waals surface area contributed by atoms with Crippen molar-refractivity contribution in [2.45, 2.75) is 39.7 Å². The molecule has 0 saturated heterocycles. The van der Waals surface area contributed by atoms with Crippen molar-refractivity contribution in [3.8, 4) is 0 Å². The summed E-state index contributed by atoms with van der Waals surface area (Å²) in [6.45, 7) is 9.19. The van der Waals surface area contributed by atoms with Crippen LogP contribution in [0, 0.1) is 0 Å². The highest BCUT2D eigenvalue weighted by molar-refractivity contribution is 5.76. The highest BCUT2D eigenvalue weighted by Crippen LogP contribution is 2.10. The molecule has 1 heterocycles. The summed E-state index contributed by atoms with van der Waals surface area (Å²) in [5.41, 5.74) is 1.79. The van der Waals surface area contributed by atoms with Crippen molar-refractivity contribution in [1.82, 2.24) is 14.9 Å². The quantitative estimate of drug-likeness (QED) is 0.789. The third kappa shape index (κ3) is 3.73. The topological polar surface area (TPSA) is 49.0 Å². The molecule has 0 aliphatic rings. The third-order valence-electron chi connectivity index (χ3n) is 2.60. The SMILES string of the molecule is C=Cc1nc[nH]c1CN(CCC)C(=O)CCC. The number of nitrogens with one attached hydrogen (secondary N) is 1. The van der Waals surface area contributed by atoms with E-state index in [1.54, 1.807) is 12.4 Å². The van der Waals surface area contributed by atoms with Gasteiger partial charge in [0.25, 0.3) is 0 Å². The fourth-order valence-electron chi connectivity index (χ4n) is 1.76. The predicted molar refractivity (Wildman–Crippen MR) is 69.3 cm³/mol. The molecule has 1 rings (SSSR count). The van der Waals surface area contributed by atoms with Crippen LogP contribution in [0.15, 0.2) is 12.9 Å². The van der Waals surface area contributed by atoms with Gasteiger partial charge >= 0.3 is 0 Å². The van der Waals surface area contributed by atoms with E-state index in [-0.39, 0.29) is 5.91 Å². The molecule has 94 valence electrons. The van der Waals surface area contributed by atoms with Crippen molar-refractivity contribution in [2.75, 3.05) is 6.54 Å². The van der Waals surface area contributed by atoms with Gasteiger partial charge in [0, 0.05) is 13.0 Å². The molecule has 0 atom stereocenters. The predicted octanol–water partition coefficient (Wildman–Crippen LogP) is 2.59. The van der Waals surface area contributed by atoms with Gasteiger partial charge < -0.3 is 9.88 Å². The molecule has 17 heavy (non-hydrogen) atoms. The Morgan fingerprint density at radius 2 is 2.29 bits per heavy atom. The van der Waals surface area contributed by atoms with Gasteiger partial charge in [0.05, 0.1) is 24.3 Å². The van der Waals surface area contributed by atoms with E-state index >= 15 is 0 Å². The van der Waals surface area contributed by atoms with Crippen molar-refractivity contribution in [1.29, 1.82) is 0 Å². The lowest BCUT2D eigenvalue weighted by Gasteiger charge is -2.21. The van der Waals surface area contributed by atoms with Crippen LogP contribution in [-0.2, 0) is 11.3 Å². The van der Waals surface area contributed by atoms with Gasteiger partial charge in [0.2, 0.25) is 5.91 Å². The van der Waals surface area contributed by atoms with Crippen molar-refractivity contribution in [3.05, 3.63) is 24.3 Å². The zero-order chi connectivity index (χ0) is 12.7. The lowest BCUT2D eigenvalue weighted by atomic mass is 10.2. The van der Waals surface area contributed by atoms with E-state index in [4.69, 9.17) is 0 Å². The molecular formula is C13H21N3O. The second-order valence-corrected chi connectivity index (χ2v) is 4.04. The number of carbonyl (C=O) groups is 1. The van der Waals surface area contributed by atoms with Crippen LogP contribution in [-0.4, -0.2) is 27.3 Å². The molecule has 0 aromatic carbocycles. The number of aromatic nitrogens is 2. The number of imidazole rings is 1. The number of H-pyrrole nitrogens is 1. The maximum Gasteiger partial charge on any atom is 0.222 e. The monoisotopic (exact) mass is 235 g/mol. The first-order valence-corrected chi connectivity index (χ1v) is 6.15. The maximum absolute atomic E-state index is 11.9. The number of hydrogen-bond donors (Lipinski definition) is 1. The van der Waals surface area contributed by atoms with Gasteiger partial charge in [-0.25, -0.2) is 4.98 Å². The summed E-state index contributed by atoms with van der Waals surface area (Å²) in [6, 6.07) is 0. The van der Waals surface area contributed by atoms with Crippen molar-refractivity contribution < 1.29 is 4.79 Å². The minimum atomic E-state index is 0.207. The molecule has 0 radical (unpaired) electrons. The summed E-state index contributed by atoms with van der Waals surface area (Å²) < 4.78 is 0. The van der Waals surface area contributed by atoms with Crippen LogP contribution < -0.4 is 0 Å². The number of rotatable bonds is 7. The smallest absolute Gasteiger partial charge is 0.222 e. The second kappa shape index (κ2) is 6.89. The summed E-state index contributed by atoms with van der Waals surface area (Å²) in [6.07, 6.45) is 5.81.